The summed E-state index contributed by atoms with van der Waals surface area (Å²) in [6.45, 7) is 0. The van der Waals surface area contributed by atoms with Crippen molar-refractivity contribution in [3.8, 4) is 67.8 Å². The van der Waals surface area contributed by atoms with Crippen LogP contribution in [-0.2, 0) is 0 Å². The van der Waals surface area contributed by atoms with Crippen LogP contribution in [0.4, 0.5) is 0 Å². The molecule has 14 aromatic rings. The van der Waals surface area contributed by atoms with E-state index in [-0.39, 0.29) is 0 Å². The molecule has 0 aliphatic carbocycles. The number of benzene rings is 10. The van der Waals surface area contributed by atoms with Gasteiger partial charge in [0.2, 0.25) is 0 Å². The number of thiophene rings is 1. The fourth-order valence-corrected chi connectivity index (χ4v) is 11.6. The lowest BCUT2D eigenvalue weighted by molar-refractivity contribution is 1.07. The molecule has 0 N–H and O–H groups in total. The molecule has 0 fully saturated rings. The highest BCUT2D eigenvalue weighted by Crippen LogP contribution is 2.46. The Labute approximate surface area is 401 Å². The second-order valence-corrected chi connectivity index (χ2v) is 18.6. The van der Waals surface area contributed by atoms with Gasteiger partial charge in [-0.15, -0.1) is 11.3 Å². The van der Waals surface area contributed by atoms with E-state index in [0.717, 1.165) is 50.1 Å². The van der Waals surface area contributed by atoms with E-state index < -0.39 is 0 Å². The largest absolute Gasteiger partial charge is 0.309 e. The third kappa shape index (κ3) is 6.41. The van der Waals surface area contributed by atoms with E-state index in [0.29, 0.717) is 17.5 Å². The van der Waals surface area contributed by atoms with E-state index in [4.69, 9.17) is 15.0 Å². The van der Waals surface area contributed by atoms with Gasteiger partial charge in [0.1, 0.15) is 0 Å². The lowest BCUT2D eigenvalue weighted by Gasteiger charge is -2.11. The molecular weight excluding hydrogens is 859 g/mol. The van der Waals surface area contributed by atoms with E-state index in [2.05, 4.69) is 234 Å². The van der Waals surface area contributed by atoms with E-state index in [1.54, 1.807) is 0 Å². The quantitative estimate of drug-likeness (QED) is 0.160. The Kier molecular flexibility index (Phi) is 9.00. The molecule has 4 aromatic heterocycles. The maximum absolute atomic E-state index is 5.25. The van der Waals surface area contributed by atoms with Crippen LogP contribution < -0.4 is 0 Å². The second-order valence-electron chi connectivity index (χ2n) is 17.6. The van der Waals surface area contributed by atoms with Gasteiger partial charge in [0.15, 0.2) is 17.5 Å². The first kappa shape index (κ1) is 39.2. The van der Waals surface area contributed by atoms with Crippen molar-refractivity contribution in [2.75, 3.05) is 0 Å². The van der Waals surface area contributed by atoms with Crippen LogP contribution in [0.5, 0.6) is 0 Å². The lowest BCUT2D eigenvalue weighted by Crippen LogP contribution is -2.00. The zero-order chi connectivity index (χ0) is 45.4. The summed E-state index contributed by atoms with van der Waals surface area (Å²) in [7, 11) is 0. The minimum Gasteiger partial charge on any atom is -0.309 e. The second kappa shape index (κ2) is 15.8. The van der Waals surface area contributed by atoms with Crippen molar-refractivity contribution >= 4 is 75.1 Å². The van der Waals surface area contributed by atoms with Crippen molar-refractivity contribution in [3.05, 3.63) is 237 Å². The smallest absolute Gasteiger partial charge is 0.164 e. The van der Waals surface area contributed by atoms with E-state index in [9.17, 15) is 0 Å². The Bertz CT molecular complexity index is 4110. The van der Waals surface area contributed by atoms with Crippen molar-refractivity contribution in [3.63, 3.8) is 0 Å². The van der Waals surface area contributed by atoms with Crippen LogP contribution in [-0.4, -0.2) is 24.1 Å². The number of nitrogens with zero attached hydrogens (tertiary/aromatic N) is 5. The molecule has 10 aromatic carbocycles. The van der Waals surface area contributed by atoms with Gasteiger partial charge in [0, 0.05) is 59.4 Å². The maximum Gasteiger partial charge on any atom is 0.164 e. The number of hydrogen-bond donors (Lipinski definition) is 0. The molecule has 0 amide bonds. The van der Waals surface area contributed by atoms with Gasteiger partial charge in [0.05, 0.1) is 32.5 Å². The summed E-state index contributed by atoms with van der Waals surface area (Å²) in [6.07, 6.45) is 0. The van der Waals surface area contributed by atoms with Crippen molar-refractivity contribution in [2.24, 2.45) is 0 Å². The first-order valence-corrected chi connectivity index (χ1v) is 24.1. The van der Waals surface area contributed by atoms with Gasteiger partial charge in [-0.1, -0.05) is 194 Å². The molecule has 0 saturated carbocycles. The number of fused-ring (bicyclic) bond motifs is 10. The molecular formula is C63H39N5S. The SMILES string of the molecule is c1ccc(-c2ccc(-c3nc(-c4ccc(-c5ccccc5)cc4)nc(-c4ccc5c6ccc7c(sc8cccc(-n9c%10ccccc%10c%10ccccc%109)c87)c6n(-c6ccccc6)c5c4)n3)cc2)cc1. The minimum absolute atomic E-state index is 0.615. The van der Waals surface area contributed by atoms with Crippen LogP contribution in [0.15, 0.2) is 237 Å². The van der Waals surface area contributed by atoms with Gasteiger partial charge in [-0.25, -0.2) is 15.0 Å². The highest BCUT2D eigenvalue weighted by atomic mass is 32.1. The number of hydrogen-bond acceptors (Lipinski definition) is 4. The van der Waals surface area contributed by atoms with Gasteiger partial charge in [-0.05, 0) is 64.7 Å². The number of para-hydroxylation sites is 3. The van der Waals surface area contributed by atoms with Gasteiger partial charge in [-0.3, -0.25) is 0 Å². The molecule has 5 nitrogen and oxygen atoms in total. The third-order valence-corrected chi connectivity index (χ3v) is 14.8. The molecule has 0 atom stereocenters. The predicted molar refractivity (Wildman–Crippen MR) is 289 cm³/mol. The van der Waals surface area contributed by atoms with Crippen LogP contribution in [0, 0.1) is 0 Å². The number of rotatable bonds is 7. The summed E-state index contributed by atoms with van der Waals surface area (Å²) in [5.74, 6) is 1.86. The van der Waals surface area contributed by atoms with E-state index in [1.165, 1.54) is 64.0 Å². The third-order valence-electron chi connectivity index (χ3n) is 13.6. The molecule has 0 aliphatic heterocycles. The summed E-state index contributed by atoms with van der Waals surface area (Å²) < 4.78 is 7.40. The molecule has 0 unspecified atom stereocenters. The molecule has 0 radical (unpaired) electrons. The molecule has 69 heavy (non-hydrogen) atoms. The average molecular weight is 898 g/mol. The van der Waals surface area contributed by atoms with Gasteiger partial charge < -0.3 is 9.13 Å². The molecule has 0 bridgehead atoms. The fraction of sp³-hybridized carbons (Fsp3) is 0. The van der Waals surface area contributed by atoms with Crippen molar-refractivity contribution in [2.45, 2.75) is 0 Å². The summed E-state index contributed by atoms with van der Waals surface area (Å²) in [6, 6.07) is 84.3. The Hall–Kier alpha value is -8.97. The Morgan fingerprint density at radius 2 is 0.754 bits per heavy atom. The minimum atomic E-state index is 0.615. The molecule has 14 rings (SSSR count). The normalized spacial score (nSPS) is 11.8. The molecule has 0 saturated heterocycles. The zero-order valence-electron chi connectivity index (χ0n) is 37.2. The molecule has 0 aliphatic rings. The first-order chi connectivity index (χ1) is 34.2. The highest BCUT2D eigenvalue weighted by molar-refractivity contribution is 7.26. The molecule has 322 valence electrons. The Morgan fingerprint density at radius 1 is 0.304 bits per heavy atom. The van der Waals surface area contributed by atoms with Crippen molar-refractivity contribution in [1.82, 2.24) is 24.1 Å². The number of aromatic nitrogens is 5. The topological polar surface area (TPSA) is 48.5 Å². The lowest BCUT2D eigenvalue weighted by atomic mass is 10.0. The Balaban J connectivity index is 0.974. The molecule has 4 heterocycles. The van der Waals surface area contributed by atoms with Gasteiger partial charge in [-0.2, -0.15) is 0 Å². The van der Waals surface area contributed by atoms with Crippen LogP contribution in [0.2, 0.25) is 0 Å². The molecule has 0 spiro atoms. The first-order valence-electron chi connectivity index (χ1n) is 23.3. The Morgan fingerprint density at radius 3 is 1.35 bits per heavy atom. The zero-order valence-corrected chi connectivity index (χ0v) is 38.0. The summed E-state index contributed by atoms with van der Waals surface area (Å²) in [5, 5.41) is 7.38. The van der Waals surface area contributed by atoms with Crippen LogP contribution >= 0.6 is 11.3 Å². The standard InChI is InChI=1S/C63H39N5S/c1-4-15-40(16-5-1)42-27-31-44(32-28-42)61-64-62(45-33-29-43(30-34-45)41-17-6-2-7-18-41)66-63(65-61)46-35-36-50-51-37-38-52-58-55(68-53-23-12-10-21-48(53)49-22-11-13-24-54(49)68)25-14-26-57(58)69-60(52)59(51)67(56(50)39-46)47-19-8-3-9-20-47/h1-39H. The van der Waals surface area contributed by atoms with Crippen LogP contribution in [0.1, 0.15) is 0 Å². The fourth-order valence-electron chi connectivity index (χ4n) is 10.4. The predicted octanol–water partition coefficient (Wildman–Crippen LogP) is 16.8. The summed E-state index contributed by atoms with van der Waals surface area (Å²) >= 11 is 1.87. The van der Waals surface area contributed by atoms with Gasteiger partial charge >= 0.3 is 0 Å². The van der Waals surface area contributed by atoms with Crippen molar-refractivity contribution in [1.29, 1.82) is 0 Å². The summed E-state index contributed by atoms with van der Waals surface area (Å²) in [5.41, 5.74) is 14.3. The highest BCUT2D eigenvalue weighted by Gasteiger charge is 2.22. The van der Waals surface area contributed by atoms with Crippen LogP contribution in [0.3, 0.4) is 0 Å². The summed E-state index contributed by atoms with van der Waals surface area (Å²) in [4.78, 5) is 15.7. The molecule has 6 heteroatoms. The average Bonchev–Trinajstić information content (AvgIpc) is 4.09. The van der Waals surface area contributed by atoms with E-state index >= 15 is 0 Å². The van der Waals surface area contributed by atoms with Crippen LogP contribution in [0.25, 0.3) is 132 Å². The van der Waals surface area contributed by atoms with Crippen molar-refractivity contribution < 1.29 is 0 Å². The maximum atomic E-state index is 5.25. The van der Waals surface area contributed by atoms with E-state index in [1.807, 2.05) is 23.5 Å². The van der Waals surface area contributed by atoms with Gasteiger partial charge in [0.25, 0.3) is 0 Å². The monoisotopic (exact) mass is 897 g/mol.